The fraction of sp³-hybridized carbons (Fsp3) is 0.500. The second-order valence-corrected chi connectivity index (χ2v) is 8.78. The summed E-state index contributed by atoms with van der Waals surface area (Å²) in [5.41, 5.74) is 4.55. The van der Waals surface area contributed by atoms with Crippen LogP contribution in [0.4, 0.5) is 5.69 Å². The number of nitrogens with zero attached hydrogens (tertiary/aromatic N) is 3. The van der Waals surface area contributed by atoms with Crippen molar-refractivity contribution in [1.82, 2.24) is 14.9 Å². The van der Waals surface area contributed by atoms with E-state index in [0.717, 1.165) is 50.2 Å². The van der Waals surface area contributed by atoms with Gasteiger partial charge in [0, 0.05) is 30.4 Å². The van der Waals surface area contributed by atoms with Crippen LogP contribution in [0.2, 0.25) is 0 Å². The quantitative estimate of drug-likeness (QED) is 0.793. The summed E-state index contributed by atoms with van der Waals surface area (Å²) in [6.45, 7) is 1.71. The molecule has 0 radical (unpaired) electrons. The molecule has 1 amide bonds. The maximum absolute atomic E-state index is 13.2. The van der Waals surface area contributed by atoms with E-state index in [2.05, 4.69) is 56.3 Å². The zero-order valence-electron chi connectivity index (χ0n) is 17.0. The molecule has 0 unspecified atom stereocenters. The molecule has 5 heteroatoms. The van der Waals surface area contributed by atoms with Crippen LogP contribution in [-0.4, -0.2) is 26.8 Å². The van der Waals surface area contributed by atoms with E-state index in [1.54, 1.807) is 6.33 Å². The molecule has 0 spiro atoms. The van der Waals surface area contributed by atoms with Crippen LogP contribution >= 0.6 is 0 Å². The Labute approximate surface area is 172 Å². The molecule has 0 bridgehead atoms. The zero-order chi connectivity index (χ0) is 19.6. The number of benzene rings is 1. The Kier molecular flexibility index (Phi) is 5.13. The predicted octanol–water partition coefficient (Wildman–Crippen LogP) is 4.86. The highest BCUT2D eigenvalue weighted by Crippen LogP contribution is 2.34. The number of fused-ring (bicyclic) bond motifs is 1. The molecule has 2 heterocycles. The molecule has 2 saturated carbocycles. The monoisotopic (exact) mass is 390 g/mol. The molecule has 0 saturated heterocycles. The van der Waals surface area contributed by atoms with E-state index in [1.807, 2.05) is 0 Å². The van der Waals surface area contributed by atoms with Crippen molar-refractivity contribution in [1.29, 1.82) is 0 Å². The summed E-state index contributed by atoms with van der Waals surface area (Å²) < 4.78 is 0. The topological polar surface area (TPSA) is 52.2 Å². The number of aromatic amines is 1. The van der Waals surface area contributed by atoms with Gasteiger partial charge in [-0.15, -0.1) is 0 Å². The lowest BCUT2D eigenvalue weighted by atomic mass is 9.83. The molecular weight excluding hydrogens is 360 g/mol. The summed E-state index contributed by atoms with van der Waals surface area (Å²) in [5, 5.41) is 0. The molecule has 1 N–H and O–H groups in total. The number of H-pyrrole nitrogens is 1. The molecule has 1 aliphatic heterocycles. The Morgan fingerprint density at radius 3 is 2.59 bits per heavy atom. The van der Waals surface area contributed by atoms with Gasteiger partial charge in [0.25, 0.3) is 0 Å². The second kappa shape index (κ2) is 8.05. The van der Waals surface area contributed by atoms with E-state index in [9.17, 15) is 4.79 Å². The molecule has 1 aromatic carbocycles. The van der Waals surface area contributed by atoms with Crippen molar-refractivity contribution < 1.29 is 4.79 Å². The third-order valence-corrected chi connectivity index (χ3v) is 6.79. The van der Waals surface area contributed by atoms with Gasteiger partial charge >= 0.3 is 0 Å². The largest absolute Gasteiger partial charge is 0.367 e. The number of rotatable bonds is 5. The molecule has 2 fully saturated rings. The minimum absolute atomic E-state index is 0.249. The smallest absolute Gasteiger partial charge is 0.230 e. The Hall–Kier alpha value is -2.56. The van der Waals surface area contributed by atoms with Crippen LogP contribution in [0.15, 0.2) is 36.8 Å². The number of amides is 1. The molecule has 5 nitrogen and oxygen atoms in total. The summed E-state index contributed by atoms with van der Waals surface area (Å²) in [7, 11) is 0. The van der Waals surface area contributed by atoms with Crippen molar-refractivity contribution in [3.8, 4) is 0 Å². The van der Waals surface area contributed by atoms with Crippen LogP contribution in [-0.2, 0) is 17.9 Å². The van der Waals surface area contributed by atoms with Gasteiger partial charge in [-0.3, -0.25) is 4.79 Å². The lowest BCUT2D eigenvalue weighted by molar-refractivity contribution is -0.125. The molecule has 0 atom stereocenters. The van der Waals surface area contributed by atoms with Gasteiger partial charge < -0.3 is 14.8 Å². The molecule has 5 rings (SSSR count). The first-order valence-corrected chi connectivity index (χ1v) is 11.1. The van der Waals surface area contributed by atoms with Gasteiger partial charge in [-0.05, 0) is 49.5 Å². The number of carbonyl (C=O) groups excluding carboxylic acids is 1. The number of nitrogens with one attached hydrogen (secondary N) is 1. The number of anilines is 1. The summed E-state index contributed by atoms with van der Waals surface area (Å²) in [6.07, 6.45) is 15.4. The van der Waals surface area contributed by atoms with Gasteiger partial charge in [-0.25, -0.2) is 4.98 Å². The molecule has 2 aliphatic carbocycles. The van der Waals surface area contributed by atoms with Crippen molar-refractivity contribution in [2.75, 3.05) is 4.90 Å². The van der Waals surface area contributed by atoms with Crippen LogP contribution in [0.25, 0.3) is 6.08 Å². The standard InChI is InChI=1S/C24H30N4O/c29-24(19-5-4-6-19)28(20-7-2-1-3-8-20)21-11-9-18(10-12-21)15-27-14-13-22-23(16-27)26-17-25-22/h9-14,17,19-20H,1-8,15-16H2,(H,25,26). The summed E-state index contributed by atoms with van der Waals surface area (Å²) in [4.78, 5) is 25.2. The minimum atomic E-state index is 0.249. The van der Waals surface area contributed by atoms with E-state index >= 15 is 0 Å². The zero-order valence-corrected chi connectivity index (χ0v) is 17.0. The van der Waals surface area contributed by atoms with E-state index in [-0.39, 0.29) is 5.92 Å². The first-order valence-electron chi connectivity index (χ1n) is 11.1. The summed E-state index contributed by atoms with van der Waals surface area (Å²) in [6, 6.07) is 9.09. The van der Waals surface area contributed by atoms with Crippen LogP contribution in [0.3, 0.4) is 0 Å². The maximum atomic E-state index is 13.2. The summed E-state index contributed by atoms with van der Waals surface area (Å²) in [5.74, 6) is 0.611. The fourth-order valence-electron chi connectivity index (χ4n) is 4.85. The van der Waals surface area contributed by atoms with Crippen molar-refractivity contribution >= 4 is 17.7 Å². The molecule has 29 heavy (non-hydrogen) atoms. The minimum Gasteiger partial charge on any atom is -0.367 e. The lowest BCUT2D eigenvalue weighted by Gasteiger charge is -2.38. The Morgan fingerprint density at radius 1 is 1.07 bits per heavy atom. The first kappa shape index (κ1) is 18.5. The number of hydrogen-bond donors (Lipinski definition) is 1. The third kappa shape index (κ3) is 3.83. The molecule has 3 aliphatic rings. The Bertz CT molecular complexity index is 875. The van der Waals surface area contributed by atoms with Crippen molar-refractivity contribution in [2.45, 2.75) is 70.5 Å². The molecule has 2 aromatic rings. The highest BCUT2D eigenvalue weighted by Gasteiger charge is 2.34. The van der Waals surface area contributed by atoms with Gasteiger partial charge in [-0.2, -0.15) is 0 Å². The van der Waals surface area contributed by atoms with Crippen molar-refractivity contribution in [3.05, 3.63) is 53.7 Å². The third-order valence-electron chi connectivity index (χ3n) is 6.79. The van der Waals surface area contributed by atoms with Gasteiger partial charge in [0.15, 0.2) is 0 Å². The Balaban J connectivity index is 1.30. The van der Waals surface area contributed by atoms with Gasteiger partial charge in [0.2, 0.25) is 5.91 Å². The first-order chi connectivity index (χ1) is 14.3. The number of hydrogen-bond acceptors (Lipinski definition) is 3. The Morgan fingerprint density at radius 2 is 1.86 bits per heavy atom. The lowest BCUT2D eigenvalue weighted by Crippen LogP contribution is -2.46. The highest BCUT2D eigenvalue weighted by molar-refractivity contribution is 5.96. The second-order valence-electron chi connectivity index (χ2n) is 8.78. The maximum Gasteiger partial charge on any atom is 0.230 e. The van der Waals surface area contributed by atoms with Gasteiger partial charge in [0.05, 0.1) is 24.3 Å². The molecular formula is C24H30N4O. The van der Waals surface area contributed by atoms with Gasteiger partial charge in [0.1, 0.15) is 0 Å². The van der Waals surface area contributed by atoms with Crippen molar-refractivity contribution in [3.63, 3.8) is 0 Å². The highest BCUT2D eigenvalue weighted by atomic mass is 16.2. The fourth-order valence-corrected chi connectivity index (χ4v) is 4.85. The van der Waals surface area contributed by atoms with Gasteiger partial charge in [-0.1, -0.05) is 37.8 Å². The van der Waals surface area contributed by atoms with Crippen LogP contribution in [0.5, 0.6) is 0 Å². The summed E-state index contributed by atoms with van der Waals surface area (Å²) >= 11 is 0. The van der Waals surface area contributed by atoms with Crippen LogP contribution < -0.4 is 4.90 Å². The average molecular weight is 391 g/mol. The molecule has 152 valence electrons. The van der Waals surface area contributed by atoms with E-state index < -0.39 is 0 Å². The van der Waals surface area contributed by atoms with E-state index in [1.165, 1.54) is 36.9 Å². The normalized spacial score (nSPS) is 19.7. The average Bonchev–Trinajstić information content (AvgIpc) is 3.17. The number of carbonyl (C=O) groups is 1. The predicted molar refractivity (Wildman–Crippen MR) is 115 cm³/mol. The number of imidazole rings is 1. The van der Waals surface area contributed by atoms with Crippen molar-refractivity contribution in [2.24, 2.45) is 5.92 Å². The SMILES string of the molecule is O=C(C1CCC1)N(c1ccc(CN2C=Cc3nc[nH]c3C2)cc1)C1CCCCC1. The van der Waals surface area contributed by atoms with E-state index in [4.69, 9.17) is 0 Å². The van der Waals surface area contributed by atoms with Crippen LogP contribution in [0, 0.1) is 5.92 Å². The molecule has 1 aromatic heterocycles. The van der Waals surface area contributed by atoms with Crippen LogP contribution in [0.1, 0.15) is 68.3 Å². The number of aromatic nitrogens is 2. The van der Waals surface area contributed by atoms with E-state index in [0.29, 0.717) is 11.9 Å².